The molecule has 1 atom stereocenters. The van der Waals surface area contributed by atoms with Gasteiger partial charge in [-0.25, -0.2) is 4.98 Å². The fourth-order valence-corrected chi connectivity index (χ4v) is 3.13. The van der Waals surface area contributed by atoms with Crippen LogP contribution in [0.4, 0.5) is 0 Å². The molecule has 1 aliphatic rings. The number of likely N-dealkylation sites (N-methyl/N-ethyl adjacent to an activating group) is 1. The van der Waals surface area contributed by atoms with E-state index in [1.807, 2.05) is 26.4 Å². The van der Waals surface area contributed by atoms with Crippen molar-refractivity contribution < 1.29 is 4.79 Å². The number of aryl methyl sites for hydroxylation is 1. The predicted octanol–water partition coefficient (Wildman–Crippen LogP) is 1.96. The number of carbonyl (C=O) groups is 1. The van der Waals surface area contributed by atoms with Gasteiger partial charge in [-0.1, -0.05) is 19.8 Å². The molecule has 2 rings (SSSR count). The third kappa shape index (κ3) is 4.30. The predicted molar refractivity (Wildman–Crippen MR) is 84.1 cm³/mol. The van der Waals surface area contributed by atoms with E-state index in [2.05, 4.69) is 26.7 Å². The molecule has 1 heterocycles. The van der Waals surface area contributed by atoms with Crippen LogP contribution in [0, 0.1) is 6.92 Å². The highest BCUT2D eigenvalue weighted by Crippen LogP contribution is 2.18. The highest BCUT2D eigenvalue weighted by Gasteiger charge is 2.25. The Morgan fingerprint density at radius 1 is 1.52 bits per heavy atom. The van der Waals surface area contributed by atoms with Crippen molar-refractivity contribution in [2.24, 2.45) is 0 Å². The summed E-state index contributed by atoms with van der Waals surface area (Å²) >= 11 is 0. The van der Waals surface area contributed by atoms with Crippen LogP contribution in [-0.4, -0.2) is 46.0 Å². The lowest BCUT2D eigenvalue weighted by atomic mass is 10.1. The van der Waals surface area contributed by atoms with Gasteiger partial charge in [0.25, 0.3) is 0 Å². The van der Waals surface area contributed by atoms with E-state index in [9.17, 15) is 4.79 Å². The Bertz CT molecular complexity index is 451. The molecule has 1 aromatic heterocycles. The minimum Gasteiger partial charge on any atom is -0.352 e. The minimum absolute atomic E-state index is 0.0329. The first kappa shape index (κ1) is 16.0. The molecule has 5 nitrogen and oxygen atoms in total. The maximum Gasteiger partial charge on any atom is 0.237 e. The maximum absolute atomic E-state index is 12.4. The maximum atomic E-state index is 12.4. The number of rotatable bonds is 7. The third-order valence-electron chi connectivity index (χ3n) is 4.54. The molecule has 0 radical (unpaired) electrons. The lowest BCUT2D eigenvalue weighted by Gasteiger charge is -2.27. The fraction of sp³-hybridized carbons (Fsp3) is 0.750. The van der Waals surface area contributed by atoms with Crippen molar-refractivity contribution >= 4 is 5.91 Å². The molecule has 1 fully saturated rings. The largest absolute Gasteiger partial charge is 0.352 e. The summed E-state index contributed by atoms with van der Waals surface area (Å²) < 4.78 is 2.12. The normalized spacial score (nSPS) is 17.3. The van der Waals surface area contributed by atoms with E-state index in [1.165, 1.54) is 12.8 Å². The molecule has 0 spiro atoms. The van der Waals surface area contributed by atoms with Gasteiger partial charge < -0.3 is 9.88 Å². The van der Waals surface area contributed by atoms with Crippen LogP contribution in [-0.2, 0) is 11.3 Å². The average molecular weight is 292 g/mol. The lowest BCUT2D eigenvalue weighted by molar-refractivity contribution is -0.126. The van der Waals surface area contributed by atoms with Gasteiger partial charge in [-0.2, -0.15) is 0 Å². The van der Waals surface area contributed by atoms with Crippen molar-refractivity contribution in [2.45, 2.75) is 64.6 Å². The number of amides is 1. The molecule has 0 saturated heterocycles. The Hall–Kier alpha value is -1.36. The van der Waals surface area contributed by atoms with Crippen LogP contribution >= 0.6 is 0 Å². The topological polar surface area (TPSA) is 50.2 Å². The van der Waals surface area contributed by atoms with Gasteiger partial charge >= 0.3 is 0 Å². The second-order valence-corrected chi connectivity index (χ2v) is 6.06. The third-order valence-corrected chi connectivity index (χ3v) is 4.54. The van der Waals surface area contributed by atoms with E-state index < -0.39 is 0 Å². The van der Waals surface area contributed by atoms with Gasteiger partial charge in [0, 0.05) is 31.5 Å². The highest BCUT2D eigenvalue weighted by atomic mass is 16.2. The first-order valence-corrected chi connectivity index (χ1v) is 8.10. The molecule has 1 saturated carbocycles. The van der Waals surface area contributed by atoms with Gasteiger partial charge in [0.1, 0.15) is 5.82 Å². The molecule has 0 aliphatic heterocycles. The smallest absolute Gasteiger partial charge is 0.237 e. The van der Waals surface area contributed by atoms with Crippen molar-refractivity contribution in [2.75, 3.05) is 13.6 Å². The molecule has 1 N–H and O–H groups in total. The Morgan fingerprint density at radius 3 is 2.81 bits per heavy atom. The molecular formula is C16H28N4O. The average Bonchev–Trinajstić information content (AvgIpc) is 3.09. The number of nitrogens with zero attached hydrogens (tertiary/aromatic N) is 3. The molecule has 1 amide bonds. The van der Waals surface area contributed by atoms with E-state index in [1.54, 1.807) is 0 Å². The quantitative estimate of drug-likeness (QED) is 0.836. The summed E-state index contributed by atoms with van der Waals surface area (Å²) in [7, 11) is 2.04. The van der Waals surface area contributed by atoms with E-state index in [0.29, 0.717) is 6.04 Å². The molecule has 21 heavy (non-hydrogen) atoms. The van der Waals surface area contributed by atoms with Crippen molar-refractivity contribution in [1.82, 2.24) is 19.8 Å². The number of imidazole rings is 1. The number of nitrogens with one attached hydrogen (secondary N) is 1. The van der Waals surface area contributed by atoms with Gasteiger partial charge in [-0.05, 0) is 33.2 Å². The first-order chi connectivity index (χ1) is 10.1. The summed E-state index contributed by atoms with van der Waals surface area (Å²) in [5.41, 5.74) is 0. The zero-order valence-electron chi connectivity index (χ0n) is 13.5. The SMILES string of the molecule is CCC(C(=O)NC1CCCC1)N(C)CCn1ccnc1C. The van der Waals surface area contributed by atoms with Crippen LogP contribution in [0.15, 0.2) is 12.4 Å². The van der Waals surface area contributed by atoms with E-state index >= 15 is 0 Å². The minimum atomic E-state index is -0.0329. The van der Waals surface area contributed by atoms with Crippen molar-refractivity contribution in [3.8, 4) is 0 Å². The van der Waals surface area contributed by atoms with Crippen molar-refractivity contribution in [3.63, 3.8) is 0 Å². The van der Waals surface area contributed by atoms with Crippen LogP contribution < -0.4 is 5.32 Å². The van der Waals surface area contributed by atoms with Gasteiger partial charge in [-0.15, -0.1) is 0 Å². The number of carbonyl (C=O) groups excluding carboxylic acids is 1. The van der Waals surface area contributed by atoms with E-state index in [-0.39, 0.29) is 11.9 Å². The van der Waals surface area contributed by atoms with Crippen LogP contribution in [0.1, 0.15) is 44.9 Å². The number of hydrogen-bond donors (Lipinski definition) is 1. The van der Waals surface area contributed by atoms with Gasteiger partial charge in [0.05, 0.1) is 6.04 Å². The van der Waals surface area contributed by atoms with Crippen LogP contribution in [0.3, 0.4) is 0 Å². The molecule has 118 valence electrons. The van der Waals surface area contributed by atoms with Crippen LogP contribution in [0.25, 0.3) is 0 Å². The molecule has 5 heteroatoms. The van der Waals surface area contributed by atoms with E-state index in [4.69, 9.17) is 0 Å². The summed E-state index contributed by atoms with van der Waals surface area (Å²) in [5, 5.41) is 3.22. The highest BCUT2D eigenvalue weighted by molar-refractivity contribution is 5.81. The molecule has 1 aliphatic carbocycles. The molecular weight excluding hydrogens is 264 g/mol. The molecule has 0 aromatic carbocycles. The second kappa shape index (κ2) is 7.59. The Morgan fingerprint density at radius 2 is 2.24 bits per heavy atom. The Kier molecular flexibility index (Phi) is 5.79. The van der Waals surface area contributed by atoms with E-state index in [0.717, 1.165) is 38.2 Å². The van der Waals surface area contributed by atoms with Crippen molar-refractivity contribution in [3.05, 3.63) is 18.2 Å². The summed E-state index contributed by atoms with van der Waals surface area (Å²) in [6, 6.07) is 0.366. The van der Waals surface area contributed by atoms with Gasteiger partial charge in [0.15, 0.2) is 0 Å². The Labute approximate surface area is 127 Å². The van der Waals surface area contributed by atoms with Crippen LogP contribution in [0.2, 0.25) is 0 Å². The molecule has 0 bridgehead atoms. The monoisotopic (exact) mass is 292 g/mol. The summed E-state index contributed by atoms with van der Waals surface area (Å²) in [6.45, 7) is 5.81. The standard InChI is InChI=1S/C16H28N4O/c1-4-15(16(21)18-14-7-5-6-8-14)19(3)11-12-20-10-9-17-13(20)2/h9-10,14-15H,4-8,11-12H2,1-3H3,(H,18,21). The molecule has 1 aromatic rings. The van der Waals surface area contributed by atoms with Gasteiger partial charge in [0.2, 0.25) is 5.91 Å². The number of aromatic nitrogens is 2. The first-order valence-electron chi connectivity index (χ1n) is 8.10. The van der Waals surface area contributed by atoms with Gasteiger partial charge in [-0.3, -0.25) is 9.69 Å². The Balaban J connectivity index is 1.83. The summed E-state index contributed by atoms with van der Waals surface area (Å²) in [5.74, 6) is 1.21. The molecule has 1 unspecified atom stereocenters. The summed E-state index contributed by atoms with van der Waals surface area (Å²) in [4.78, 5) is 18.8. The summed E-state index contributed by atoms with van der Waals surface area (Å²) in [6.07, 6.45) is 9.43. The fourth-order valence-electron chi connectivity index (χ4n) is 3.13. The van der Waals surface area contributed by atoms with Crippen LogP contribution in [0.5, 0.6) is 0 Å². The lowest BCUT2D eigenvalue weighted by Crippen LogP contribution is -2.48. The number of hydrogen-bond acceptors (Lipinski definition) is 3. The second-order valence-electron chi connectivity index (χ2n) is 6.06. The zero-order valence-corrected chi connectivity index (χ0v) is 13.5. The zero-order chi connectivity index (χ0) is 15.2. The van der Waals surface area contributed by atoms with Crippen molar-refractivity contribution in [1.29, 1.82) is 0 Å².